The van der Waals surface area contributed by atoms with Gasteiger partial charge in [-0.15, -0.1) is 0 Å². The molecule has 1 aromatic carbocycles. The summed E-state index contributed by atoms with van der Waals surface area (Å²) in [6.07, 6.45) is 1.56. The van der Waals surface area contributed by atoms with Crippen molar-refractivity contribution in [1.82, 2.24) is 4.98 Å². The van der Waals surface area contributed by atoms with Crippen LogP contribution in [0, 0.1) is 5.82 Å². The van der Waals surface area contributed by atoms with Crippen molar-refractivity contribution < 1.29 is 4.39 Å². The highest BCUT2D eigenvalue weighted by atomic mass is 35.5. The average molecular weight is 257 g/mol. The van der Waals surface area contributed by atoms with Gasteiger partial charge in [0.25, 0.3) is 0 Å². The second kappa shape index (κ2) is 4.68. The highest BCUT2D eigenvalue weighted by Crippen LogP contribution is 2.22. The van der Waals surface area contributed by atoms with Crippen molar-refractivity contribution in [1.29, 1.82) is 0 Å². The molecule has 0 saturated carbocycles. The van der Waals surface area contributed by atoms with Gasteiger partial charge in [-0.25, -0.2) is 9.37 Å². The number of pyridine rings is 1. The number of aromatic nitrogens is 1. The smallest absolute Gasteiger partial charge is 0.131 e. The molecule has 2 nitrogen and oxygen atoms in total. The minimum atomic E-state index is -0.393. The number of rotatable bonds is 2. The van der Waals surface area contributed by atoms with Crippen LogP contribution in [-0.2, 0) is 0 Å². The van der Waals surface area contributed by atoms with Crippen LogP contribution in [0.25, 0.3) is 0 Å². The summed E-state index contributed by atoms with van der Waals surface area (Å²) < 4.78 is 13.0. The van der Waals surface area contributed by atoms with Crippen molar-refractivity contribution in [2.75, 3.05) is 5.32 Å². The van der Waals surface area contributed by atoms with Gasteiger partial charge in [-0.3, -0.25) is 0 Å². The fraction of sp³-hybridized carbons (Fsp3) is 0. The van der Waals surface area contributed by atoms with Gasteiger partial charge in [-0.2, -0.15) is 0 Å². The van der Waals surface area contributed by atoms with E-state index in [0.717, 1.165) is 5.69 Å². The van der Waals surface area contributed by atoms with E-state index in [4.69, 9.17) is 23.2 Å². The Morgan fingerprint density at radius 3 is 2.56 bits per heavy atom. The Morgan fingerprint density at radius 1 is 1.06 bits per heavy atom. The molecular formula is C11H7Cl2FN2. The zero-order valence-corrected chi connectivity index (χ0v) is 9.56. The predicted octanol–water partition coefficient (Wildman–Crippen LogP) is 4.27. The van der Waals surface area contributed by atoms with Gasteiger partial charge in [0.2, 0.25) is 0 Å². The van der Waals surface area contributed by atoms with Gasteiger partial charge >= 0.3 is 0 Å². The molecule has 0 aliphatic rings. The number of hydrogen-bond acceptors (Lipinski definition) is 2. The zero-order chi connectivity index (χ0) is 11.5. The Balaban J connectivity index is 2.27. The molecule has 0 bridgehead atoms. The first-order valence-corrected chi connectivity index (χ1v) is 5.24. The maximum Gasteiger partial charge on any atom is 0.131 e. The molecule has 0 spiro atoms. The standard InChI is InChI=1S/C11H7Cl2FN2/c12-7-3-8(14)5-10(4-7)16-9-1-2-15-11(13)6-9/h1-6H,(H,15,16). The van der Waals surface area contributed by atoms with Gasteiger partial charge in [0.1, 0.15) is 11.0 Å². The van der Waals surface area contributed by atoms with Crippen LogP contribution < -0.4 is 5.32 Å². The SMILES string of the molecule is Fc1cc(Cl)cc(Nc2ccnc(Cl)c2)c1. The minimum Gasteiger partial charge on any atom is -0.355 e. The van der Waals surface area contributed by atoms with Crippen molar-refractivity contribution in [2.24, 2.45) is 0 Å². The highest BCUT2D eigenvalue weighted by molar-refractivity contribution is 6.31. The number of hydrogen-bond donors (Lipinski definition) is 1. The van der Waals surface area contributed by atoms with Crippen molar-refractivity contribution in [3.63, 3.8) is 0 Å². The molecule has 0 aliphatic heterocycles. The number of benzene rings is 1. The number of nitrogens with one attached hydrogen (secondary N) is 1. The first-order valence-electron chi connectivity index (χ1n) is 4.48. The van der Waals surface area contributed by atoms with E-state index in [9.17, 15) is 4.39 Å². The number of nitrogens with zero attached hydrogens (tertiary/aromatic N) is 1. The number of anilines is 2. The van der Waals surface area contributed by atoms with Crippen LogP contribution >= 0.6 is 23.2 Å². The van der Waals surface area contributed by atoms with E-state index in [0.29, 0.717) is 15.9 Å². The lowest BCUT2D eigenvalue weighted by Gasteiger charge is -2.06. The fourth-order valence-corrected chi connectivity index (χ4v) is 1.67. The summed E-state index contributed by atoms with van der Waals surface area (Å²) in [4.78, 5) is 3.84. The van der Waals surface area contributed by atoms with E-state index in [1.807, 2.05) is 0 Å². The topological polar surface area (TPSA) is 24.9 Å². The summed E-state index contributed by atoms with van der Waals surface area (Å²) in [7, 11) is 0. The summed E-state index contributed by atoms with van der Waals surface area (Å²) in [6.45, 7) is 0. The van der Waals surface area contributed by atoms with Crippen LogP contribution in [0.1, 0.15) is 0 Å². The second-order valence-electron chi connectivity index (χ2n) is 3.15. The molecular weight excluding hydrogens is 250 g/mol. The first-order chi connectivity index (χ1) is 7.63. The second-order valence-corrected chi connectivity index (χ2v) is 3.97. The molecule has 2 aromatic rings. The molecule has 5 heteroatoms. The minimum absolute atomic E-state index is 0.336. The predicted molar refractivity (Wildman–Crippen MR) is 63.9 cm³/mol. The normalized spacial score (nSPS) is 10.2. The van der Waals surface area contributed by atoms with Crippen molar-refractivity contribution in [2.45, 2.75) is 0 Å². The highest BCUT2D eigenvalue weighted by Gasteiger charge is 2.00. The Hall–Kier alpha value is -1.32. The molecule has 1 heterocycles. The largest absolute Gasteiger partial charge is 0.355 e. The molecule has 2 rings (SSSR count). The molecule has 16 heavy (non-hydrogen) atoms. The Kier molecular flexibility index (Phi) is 3.27. The monoisotopic (exact) mass is 256 g/mol. The summed E-state index contributed by atoms with van der Waals surface area (Å²) in [5.74, 6) is -0.393. The van der Waals surface area contributed by atoms with E-state index >= 15 is 0 Å². The van der Waals surface area contributed by atoms with E-state index in [1.165, 1.54) is 12.1 Å². The van der Waals surface area contributed by atoms with E-state index in [-0.39, 0.29) is 0 Å². The Labute approximate surface area is 102 Å². The van der Waals surface area contributed by atoms with Crippen LogP contribution in [0.4, 0.5) is 15.8 Å². The molecule has 0 amide bonds. The molecule has 82 valence electrons. The van der Waals surface area contributed by atoms with Crippen LogP contribution in [0.5, 0.6) is 0 Å². The lowest BCUT2D eigenvalue weighted by Crippen LogP contribution is -1.91. The van der Waals surface area contributed by atoms with Crippen molar-refractivity contribution in [3.8, 4) is 0 Å². The molecule has 0 fully saturated rings. The third-order valence-electron chi connectivity index (χ3n) is 1.88. The molecule has 0 radical (unpaired) electrons. The van der Waals surface area contributed by atoms with Gasteiger partial charge in [0.15, 0.2) is 0 Å². The maximum atomic E-state index is 13.0. The van der Waals surface area contributed by atoms with Crippen LogP contribution in [0.2, 0.25) is 10.2 Å². The van der Waals surface area contributed by atoms with E-state index in [1.54, 1.807) is 24.4 Å². The Morgan fingerprint density at radius 2 is 1.88 bits per heavy atom. The van der Waals surface area contributed by atoms with Gasteiger partial charge in [-0.1, -0.05) is 23.2 Å². The summed E-state index contributed by atoms with van der Waals surface area (Å²) in [5.41, 5.74) is 1.29. The number of halogens is 3. The van der Waals surface area contributed by atoms with E-state index < -0.39 is 5.82 Å². The Bertz CT molecular complexity index is 497. The summed E-state index contributed by atoms with van der Waals surface area (Å²) in [6, 6.07) is 7.58. The molecule has 0 aliphatic carbocycles. The summed E-state index contributed by atoms with van der Waals surface area (Å²) in [5, 5.41) is 3.68. The average Bonchev–Trinajstić information content (AvgIpc) is 2.15. The van der Waals surface area contributed by atoms with Gasteiger partial charge in [0, 0.05) is 22.6 Å². The molecule has 0 atom stereocenters. The van der Waals surface area contributed by atoms with Crippen molar-refractivity contribution in [3.05, 3.63) is 52.5 Å². The van der Waals surface area contributed by atoms with Gasteiger partial charge in [-0.05, 0) is 30.3 Å². The lowest BCUT2D eigenvalue weighted by molar-refractivity contribution is 0.628. The first kappa shape index (κ1) is 11.2. The zero-order valence-electron chi connectivity index (χ0n) is 8.05. The third kappa shape index (κ3) is 2.84. The fourth-order valence-electron chi connectivity index (χ4n) is 1.27. The molecule has 0 unspecified atom stereocenters. The quantitative estimate of drug-likeness (QED) is 0.812. The molecule has 0 saturated heterocycles. The van der Waals surface area contributed by atoms with Crippen LogP contribution in [0.15, 0.2) is 36.5 Å². The van der Waals surface area contributed by atoms with Crippen molar-refractivity contribution >= 4 is 34.6 Å². The van der Waals surface area contributed by atoms with Crippen LogP contribution in [-0.4, -0.2) is 4.98 Å². The molecule has 1 aromatic heterocycles. The van der Waals surface area contributed by atoms with Gasteiger partial charge in [0.05, 0.1) is 0 Å². The maximum absolute atomic E-state index is 13.0. The van der Waals surface area contributed by atoms with Gasteiger partial charge < -0.3 is 5.32 Å². The van der Waals surface area contributed by atoms with Crippen LogP contribution in [0.3, 0.4) is 0 Å². The van der Waals surface area contributed by atoms with E-state index in [2.05, 4.69) is 10.3 Å². The lowest BCUT2D eigenvalue weighted by atomic mass is 10.3. The molecule has 1 N–H and O–H groups in total. The third-order valence-corrected chi connectivity index (χ3v) is 2.30. The summed E-state index contributed by atoms with van der Waals surface area (Å²) >= 11 is 11.5.